The second-order valence-corrected chi connectivity index (χ2v) is 8.28. The first-order valence-corrected chi connectivity index (χ1v) is 11.2. The summed E-state index contributed by atoms with van der Waals surface area (Å²) in [7, 11) is 1.50. The summed E-state index contributed by atoms with van der Waals surface area (Å²) in [6, 6.07) is 17.3. The maximum atomic E-state index is 12.8. The van der Waals surface area contributed by atoms with E-state index < -0.39 is 11.8 Å². The normalized spacial score (nSPS) is 14.9. The molecule has 0 bridgehead atoms. The molecule has 0 aliphatic carbocycles. The van der Waals surface area contributed by atoms with E-state index in [0.29, 0.717) is 17.1 Å². The summed E-state index contributed by atoms with van der Waals surface area (Å²) < 4.78 is 11.5. The second kappa shape index (κ2) is 10.1. The van der Waals surface area contributed by atoms with Gasteiger partial charge >= 0.3 is 0 Å². The van der Waals surface area contributed by atoms with Crippen LogP contribution in [0.15, 0.2) is 72.8 Å². The Labute approximate surface area is 207 Å². The largest absolute Gasteiger partial charge is 0.493 e. The van der Waals surface area contributed by atoms with E-state index in [4.69, 9.17) is 33.3 Å². The highest BCUT2D eigenvalue weighted by molar-refractivity contribution is 7.80. The number of fused-ring (bicyclic) bond motifs is 1. The lowest BCUT2D eigenvalue weighted by atomic mass is 10.1. The Kier molecular flexibility index (Phi) is 6.95. The molecule has 6 nitrogen and oxygen atoms in total. The van der Waals surface area contributed by atoms with Gasteiger partial charge in [-0.15, -0.1) is 6.58 Å². The summed E-state index contributed by atoms with van der Waals surface area (Å²) in [6.45, 7) is 4.08. The van der Waals surface area contributed by atoms with E-state index in [9.17, 15) is 9.59 Å². The SMILES string of the molecule is C=CCN1C(=O)/C(=C/c2cc(Cl)c(OCc3cccc4ccccc34)c(OC)c2)C(=O)NC1=S. The Balaban J connectivity index is 1.63. The number of nitrogens with zero attached hydrogens (tertiary/aromatic N) is 1. The molecule has 1 fully saturated rings. The van der Waals surface area contributed by atoms with E-state index in [1.807, 2.05) is 42.5 Å². The maximum Gasteiger partial charge on any atom is 0.265 e. The van der Waals surface area contributed by atoms with Crippen LogP contribution in [0.5, 0.6) is 11.5 Å². The Morgan fingerprint density at radius 1 is 1.15 bits per heavy atom. The number of nitrogens with one attached hydrogen (secondary N) is 1. The van der Waals surface area contributed by atoms with Gasteiger partial charge in [-0.3, -0.25) is 19.8 Å². The zero-order chi connectivity index (χ0) is 24.2. The van der Waals surface area contributed by atoms with Crippen molar-refractivity contribution in [3.63, 3.8) is 0 Å². The molecular formula is C26H21ClN2O4S. The summed E-state index contributed by atoms with van der Waals surface area (Å²) >= 11 is 11.6. The number of ether oxygens (including phenoxy) is 2. The first-order chi connectivity index (χ1) is 16.4. The Bertz CT molecular complexity index is 1350. The zero-order valence-electron chi connectivity index (χ0n) is 18.3. The van der Waals surface area contributed by atoms with E-state index in [1.165, 1.54) is 24.2 Å². The van der Waals surface area contributed by atoms with Gasteiger partial charge in [0, 0.05) is 6.54 Å². The van der Waals surface area contributed by atoms with Gasteiger partial charge in [0.15, 0.2) is 16.6 Å². The molecule has 1 heterocycles. The van der Waals surface area contributed by atoms with Crippen molar-refractivity contribution in [2.45, 2.75) is 6.61 Å². The molecule has 1 aliphatic heterocycles. The number of benzene rings is 3. The number of halogens is 1. The van der Waals surface area contributed by atoms with Crippen LogP contribution in [0, 0.1) is 0 Å². The van der Waals surface area contributed by atoms with E-state index >= 15 is 0 Å². The predicted molar refractivity (Wildman–Crippen MR) is 137 cm³/mol. The maximum absolute atomic E-state index is 12.8. The summed E-state index contributed by atoms with van der Waals surface area (Å²) in [4.78, 5) is 26.5. The number of amides is 2. The molecule has 1 saturated heterocycles. The highest BCUT2D eigenvalue weighted by atomic mass is 35.5. The molecule has 3 aromatic carbocycles. The van der Waals surface area contributed by atoms with Gasteiger partial charge < -0.3 is 9.47 Å². The lowest BCUT2D eigenvalue weighted by Crippen LogP contribution is -2.53. The summed E-state index contributed by atoms with van der Waals surface area (Å²) in [5.41, 5.74) is 1.44. The average molecular weight is 493 g/mol. The minimum atomic E-state index is -0.582. The first-order valence-electron chi connectivity index (χ1n) is 10.4. The predicted octanol–water partition coefficient (Wildman–Crippen LogP) is 4.89. The van der Waals surface area contributed by atoms with Crippen molar-refractivity contribution in [1.82, 2.24) is 10.2 Å². The highest BCUT2D eigenvalue weighted by Gasteiger charge is 2.32. The van der Waals surface area contributed by atoms with Crippen LogP contribution in [0.1, 0.15) is 11.1 Å². The second-order valence-electron chi connectivity index (χ2n) is 7.48. The molecule has 0 spiro atoms. The van der Waals surface area contributed by atoms with Crippen LogP contribution < -0.4 is 14.8 Å². The third-order valence-electron chi connectivity index (χ3n) is 5.31. The Hall–Kier alpha value is -3.68. The van der Waals surface area contributed by atoms with E-state index in [2.05, 4.69) is 11.9 Å². The van der Waals surface area contributed by atoms with Crippen molar-refractivity contribution >= 4 is 57.6 Å². The fraction of sp³-hybridized carbons (Fsp3) is 0.115. The molecule has 0 atom stereocenters. The van der Waals surface area contributed by atoms with Crippen LogP contribution in [-0.2, 0) is 16.2 Å². The minimum absolute atomic E-state index is 0.0415. The Morgan fingerprint density at radius 2 is 1.91 bits per heavy atom. The number of methoxy groups -OCH3 is 1. The van der Waals surface area contributed by atoms with E-state index in [0.717, 1.165) is 16.3 Å². The molecule has 172 valence electrons. The molecular weight excluding hydrogens is 472 g/mol. The van der Waals surface area contributed by atoms with Crippen molar-refractivity contribution in [2.24, 2.45) is 0 Å². The van der Waals surface area contributed by atoms with Gasteiger partial charge in [-0.05, 0) is 52.3 Å². The third-order valence-corrected chi connectivity index (χ3v) is 5.92. The lowest BCUT2D eigenvalue weighted by molar-refractivity contribution is -0.128. The van der Waals surface area contributed by atoms with Gasteiger partial charge in [-0.2, -0.15) is 0 Å². The van der Waals surface area contributed by atoms with Crippen molar-refractivity contribution in [2.75, 3.05) is 13.7 Å². The van der Waals surface area contributed by atoms with Crippen molar-refractivity contribution in [1.29, 1.82) is 0 Å². The molecule has 3 aromatic rings. The highest BCUT2D eigenvalue weighted by Crippen LogP contribution is 2.38. The van der Waals surface area contributed by atoms with E-state index in [-0.39, 0.29) is 28.9 Å². The molecule has 4 rings (SSSR count). The fourth-order valence-electron chi connectivity index (χ4n) is 3.69. The number of rotatable bonds is 7. The number of thiocarbonyl (C=S) groups is 1. The molecule has 8 heteroatoms. The van der Waals surface area contributed by atoms with Gasteiger partial charge in [0.05, 0.1) is 12.1 Å². The average Bonchev–Trinajstić information content (AvgIpc) is 2.83. The minimum Gasteiger partial charge on any atom is -0.493 e. The summed E-state index contributed by atoms with van der Waals surface area (Å²) in [6.07, 6.45) is 2.97. The van der Waals surface area contributed by atoms with Crippen LogP contribution in [0.25, 0.3) is 16.8 Å². The molecule has 1 N–H and O–H groups in total. The number of hydrogen-bond acceptors (Lipinski definition) is 5. The standard InChI is InChI=1S/C26H21ClN2O4S/c1-3-11-29-25(31)20(24(30)28-26(29)34)12-16-13-21(27)23(22(14-16)32-2)33-15-18-9-6-8-17-7-4-5-10-19(17)18/h3-10,12-14H,1,11,15H2,2H3,(H,28,30,34)/b20-12+. The van der Waals surface area contributed by atoms with Crippen LogP contribution in [0.3, 0.4) is 0 Å². The lowest BCUT2D eigenvalue weighted by Gasteiger charge is -2.27. The quantitative estimate of drug-likeness (QED) is 0.220. The molecule has 0 saturated carbocycles. The van der Waals surface area contributed by atoms with Gasteiger partial charge in [0.25, 0.3) is 11.8 Å². The van der Waals surface area contributed by atoms with Crippen LogP contribution >= 0.6 is 23.8 Å². The first kappa shape index (κ1) is 23.5. The van der Waals surface area contributed by atoms with Gasteiger partial charge in [0.1, 0.15) is 12.2 Å². The van der Waals surface area contributed by atoms with Crippen LogP contribution in [0.4, 0.5) is 0 Å². The molecule has 0 radical (unpaired) electrons. The topological polar surface area (TPSA) is 67.9 Å². The number of hydrogen-bond donors (Lipinski definition) is 1. The van der Waals surface area contributed by atoms with Gasteiger partial charge in [-0.25, -0.2) is 0 Å². The van der Waals surface area contributed by atoms with E-state index in [1.54, 1.807) is 12.1 Å². The van der Waals surface area contributed by atoms with Gasteiger partial charge in [0.2, 0.25) is 0 Å². The number of carbonyl (C=O) groups excluding carboxylic acids is 2. The van der Waals surface area contributed by atoms with Crippen LogP contribution in [0.2, 0.25) is 5.02 Å². The van der Waals surface area contributed by atoms with Crippen LogP contribution in [-0.4, -0.2) is 35.5 Å². The zero-order valence-corrected chi connectivity index (χ0v) is 19.9. The van der Waals surface area contributed by atoms with Crippen molar-refractivity contribution < 1.29 is 19.1 Å². The summed E-state index contributed by atoms with van der Waals surface area (Å²) in [5, 5.41) is 5.05. The monoisotopic (exact) mass is 492 g/mol. The third kappa shape index (κ3) is 4.66. The number of carbonyl (C=O) groups is 2. The molecule has 0 aromatic heterocycles. The molecule has 0 unspecified atom stereocenters. The molecule has 34 heavy (non-hydrogen) atoms. The fourth-order valence-corrected chi connectivity index (χ4v) is 4.21. The summed E-state index contributed by atoms with van der Waals surface area (Å²) in [5.74, 6) is -0.350. The molecule has 1 aliphatic rings. The van der Waals surface area contributed by atoms with Crippen molar-refractivity contribution in [3.8, 4) is 11.5 Å². The van der Waals surface area contributed by atoms with Crippen molar-refractivity contribution in [3.05, 3.63) is 89.0 Å². The van der Waals surface area contributed by atoms with Gasteiger partial charge in [-0.1, -0.05) is 60.1 Å². The smallest absolute Gasteiger partial charge is 0.265 e. The Morgan fingerprint density at radius 3 is 2.68 bits per heavy atom. The molecule has 2 amide bonds.